The Morgan fingerprint density at radius 2 is 2.04 bits per heavy atom. The lowest BCUT2D eigenvalue weighted by Gasteiger charge is -2.34. The topological polar surface area (TPSA) is 19.4 Å². The maximum Gasteiger partial charge on any atom is 0.123 e. The summed E-state index contributed by atoms with van der Waals surface area (Å²) in [6, 6.07) is 11.1. The van der Waals surface area contributed by atoms with Gasteiger partial charge in [-0.2, -0.15) is 0 Å². The normalized spacial score (nSPS) is 18.6. The van der Waals surface area contributed by atoms with Crippen LogP contribution in [-0.2, 0) is 13.0 Å². The molecule has 0 saturated carbocycles. The van der Waals surface area contributed by atoms with Crippen molar-refractivity contribution in [1.29, 1.82) is 0 Å². The molecule has 0 unspecified atom stereocenters. The second-order valence-corrected chi connectivity index (χ2v) is 7.24. The predicted molar refractivity (Wildman–Crippen MR) is 99.8 cm³/mol. The minimum absolute atomic E-state index is 0.154. The molecule has 3 rings (SSSR count). The molecule has 1 saturated heterocycles. The minimum atomic E-state index is -0.154. The van der Waals surface area contributed by atoms with Gasteiger partial charge in [-0.05, 0) is 68.1 Å². The van der Waals surface area contributed by atoms with Gasteiger partial charge in [0.1, 0.15) is 5.82 Å². The highest BCUT2D eigenvalue weighted by atomic mass is 19.1. The summed E-state index contributed by atoms with van der Waals surface area (Å²) in [4.78, 5) is 9.17. The maximum atomic E-state index is 13.0. The molecule has 1 aromatic heterocycles. The Labute approximate surface area is 150 Å². The smallest absolute Gasteiger partial charge is 0.123 e. The first-order valence-electron chi connectivity index (χ1n) is 9.23. The number of rotatable bonds is 7. The number of aromatic nitrogens is 1. The molecule has 4 heteroatoms. The first kappa shape index (κ1) is 18.0. The second-order valence-electron chi connectivity index (χ2n) is 7.24. The van der Waals surface area contributed by atoms with Gasteiger partial charge in [0, 0.05) is 38.6 Å². The van der Waals surface area contributed by atoms with Crippen molar-refractivity contribution in [1.82, 2.24) is 14.8 Å². The highest BCUT2D eigenvalue weighted by Gasteiger charge is 2.21. The molecule has 3 nitrogen and oxygen atoms in total. The molecular formula is C21H28FN3. The number of piperidine rings is 1. The summed E-state index contributed by atoms with van der Waals surface area (Å²) in [5.74, 6) is 0.571. The molecule has 1 fully saturated rings. The van der Waals surface area contributed by atoms with Crippen molar-refractivity contribution in [3.8, 4) is 0 Å². The van der Waals surface area contributed by atoms with Gasteiger partial charge < -0.3 is 9.80 Å². The van der Waals surface area contributed by atoms with Gasteiger partial charge in [0.2, 0.25) is 0 Å². The standard InChI is InChI=1S/C21H28FN3/c1-24(15-19-4-2-11-23-14-19)16-20-5-3-12-25(17-20)13-10-18-6-8-21(22)9-7-18/h2,4,6-9,11,14,20H,3,5,10,12-13,15-17H2,1H3/t20-/m1/s1. The molecule has 0 bridgehead atoms. The number of pyridine rings is 1. The van der Waals surface area contributed by atoms with Crippen LogP contribution in [0.3, 0.4) is 0 Å². The number of likely N-dealkylation sites (tertiary alicyclic amines) is 1. The summed E-state index contributed by atoms with van der Waals surface area (Å²) in [5, 5.41) is 0. The number of halogens is 1. The molecule has 1 aliphatic rings. The zero-order valence-electron chi connectivity index (χ0n) is 15.1. The molecule has 0 amide bonds. The molecule has 0 aliphatic carbocycles. The van der Waals surface area contributed by atoms with Gasteiger partial charge in [-0.25, -0.2) is 4.39 Å². The summed E-state index contributed by atoms with van der Waals surface area (Å²) < 4.78 is 13.0. The number of hydrogen-bond donors (Lipinski definition) is 0. The third kappa shape index (κ3) is 5.91. The average Bonchev–Trinajstić information content (AvgIpc) is 2.62. The Morgan fingerprint density at radius 3 is 2.80 bits per heavy atom. The molecule has 2 aromatic rings. The predicted octanol–water partition coefficient (Wildman–Crippen LogP) is 3.61. The van der Waals surface area contributed by atoms with E-state index >= 15 is 0 Å². The van der Waals surface area contributed by atoms with Crippen molar-refractivity contribution >= 4 is 0 Å². The van der Waals surface area contributed by atoms with Crippen LogP contribution in [0.15, 0.2) is 48.8 Å². The van der Waals surface area contributed by atoms with Crippen LogP contribution in [0.1, 0.15) is 24.0 Å². The monoisotopic (exact) mass is 341 g/mol. The van der Waals surface area contributed by atoms with E-state index in [4.69, 9.17) is 0 Å². The summed E-state index contributed by atoms with van der Waals surface area (Å²) >= 11 is 0. The van der Waals surface area contributed by atoms with E-state index in [1.165, 1.54) is 37.1 Å². The maximum absolute atomic E-state index is 13.0. The lowest BCUT2D eigenvalue weighted by molar-refractivity contribution is 0.142. The number of hydrogen-bond acceptors (Lipinski definition) is 3. The van der Waals surface area contributed by atoms with Crippen LogP contribution in [0.5, 0.6) is 0 Å². The summed E-state index contributed by atoms with van der Waals surface area (Å²) in [5.41, 5.74) is 2.49. The Kier molecular flexibility index (Phi) is 6.54. The van der Waals surface area contributed by atoms with Crippen LogP contribution in [0.2, 0.25) is 0 Å². The van der Waals surface area contributed by atoms with E-state index < -0.39 is 0 Å². The lowest BCUT2D eigenvalue weighted by atomic mass is 9.97. The van der Waals surface area contributed by atoms with Crippen molar-refractivity contribution in [3.63, 3.8) is 0 Å². The van der Waals surface area contributed by atoms with Gasteiger partial charge in [0.25, 0.3) is 0 Å². The van der Waals surface area contributed by atoms with Gasteiger partial charge in [0.15, 0.2) is 0 Å². The summed E-state index contributed by atoms with van der Waals surface area (Å²) in [7, 11) is 2.20. The minimum Gasteiger partial charge on any atom is -0.303 e. The Morgan fingerprint density at radius 1 is 1.20 bits per heavy atom. The Balaban J connectivity index is 1.43. The van der Waals surface area contributed by atoms with Crippen LogP contribution in [-0.4, -0.2) is 48.0 Å². The molecule has 1 aromatic carbocycles. The highest BCUT2D eigenvalue weighted by molar-refractivity contribution is 5.16. The fraction of sp³-hybridized carbons (Fsp3) is 0.476. The summed E-state index contributed by atoms with van der Waals surface area (Å²) in [6.45, 7) is 5.50. The van der Waals surface area contributed by atoms with Crippen LogP contribution in [0.4, 0.5) is 4.39 Å². The summed E-state index contributed by atoms with van der Waals surface area (Å²) in [6.07, 6.45) is 7.35. The SMILES string of the molecule is CN(Cc1cccnc1)C[C@H]1CCCN(CCc2ccc(F)cc2)C1. The van der Waals surface area contributed by atoms with Crippen LogP contribution >= 0.6 is 0 Å². The zero-order valence-corrected chi connectivity index (χ0v) is 15.1. The van der Waals surface area contributed by atoms with E-state index in [0.29, 0.717) is 0 Å². The number of benzene rings is 1. The molecule has 0 radical (unpaired) electrons. The molecule has 134 valence electrons. The quantitative estimate of drug-likeness (QED) is 0.767. The van der Waals surface area contributed by atoms with Crippen LogP contribution in [0.25, 0.3) is 0 Å². The molecule has 2 heterocycles. The van der Waals surface area contributed by atoms with E-state index in [0.717, 1.165) is 32.0 Å². The van der Waals surface area contributed by atoms with E-state index in [9.17, 15) is 4.39 Å². The van der Waals surface area contributed by atoms with Crippen LogP contribution < -0.4 is 0 Å². The molecule has 25 heavy (non-hydrogen) atoms. The lowest BCUT2D eigenvalue weighted by Crippen LogP contribution is -2.40. The van der Waals surface area contributed by atoms with Crippen molar-refractivity contribution in [2.45, 2.75) is 25.8 Å². The fourth-order valence-corrected chi connectivity index (χ4v) is 3.75. The van der Waals surface area contributed by atoms with Gasteiger partial charge in [0.05, 0.1) is 0 Å². The third-order valence-electron chi connectivity index (χ3n) is 4.98. The molecule has 0 spiro atoms. The molecule has 1 aliphatic heterocycles. The third-order valence-corrected chi connectivity index (χ3v) is 4.98. The van der Waals surface area contributed by atoms with Gasteiger partial charge in [-0.3, -0.25) is 4.98 Å². The zero-order chi connectivity index (χ0) is 17.5. The van der Waals surface area contributed by atoms with E-state index in [-0.39, 0.29) is 5.82 Å². The van der Waals surface area contributed by atoms with E-state index in [2.05, 4.69) is 27.9 Å². The van der Waals surface area contributed by atoms with E-state index in [1.807, 2.05) is 30.6 Å². The van der Waals surface area contributed by atoms with Crippen molar-refractivity contribution in [3.05, 3.63) is 65.7 Å². The van der Waals surface area contributed by atoms with Gasteiger partial charge >= 0.3 is 0 Å². The second kappa shape index (κ2) is 9.07. The van der Waals surface area contributed by atoms with Gasteiger partial charge in [-0.15, -0.1) is 0 Å². The van der Waals surface area contributed by atoms with Gasteiger partial charge in [-0.1, -0.05) is 18.2 Å². The first-order chi connectivity index (χ1) is 12.2. The molecule has 1 atom stereocenters. The Hall–Kier alpha value is -1.78. The van der Waals surface area contributed by atoms with Crippen molar-refractivity contribution < 1.29 is 4.39 Å². The highest BCUT2D eigenvalue weighted by Crippen LogP contribution is 2.18. The van der Waals surface area contributed by atoms with Crippen molar-refractivity contribution in [2.75, 3.05) is 33.2 Å². The number of nitrogens with zero attached hydrogens (tertiary/aromatic N) is 3. The largest absolute Gasteiger partial charge is 0.303 e. The van der Waals surface area contributed by atoms with Crippen molar-refractivity contribution in [2.24, 2.45) is 5.92 Å². The Bertz CT molecular complexity index is 629. The molecule has 0 N–H and O–H groups in total. The average molecular weight is 341 g/mol. The van der Waals surface area contributed by atoms with Crippen LogP contribution in [0, 0.1) is 11.7 Å². The first-order valence-corrected chi connectivity index (χ1v) is 9.23. The molecular weight excluding hydrogens is 313 g/mol. The van der Waals surface area contributed by atoms with E-state index in [1.54, 1.807) is 12.1 Å². The fourth-order valence-electron chi connectivity index (χ4n) is 3.75.